The number of hydrogen-bond acceptors (Lipinski definition) is 2. The molecule has 0 saturated heterocycles. The number of nitrogens with two attached hydrogens (primary N) is 1. The Morgan fingerprint density at radius 3 is 2.67 bits per heavy atom. The number of nitrogens with zero attached hydrogens (tertiary/aromatic N) is 1. The van der Waals surface area contributed by atoms with Gasteiger partial charge in [-0.05, 0) is 37.1 Å². The topological polar surface area (TPSA) is 60.0 Å². The second-order valence-electron chi connectivity index (χ2n) is 5.43. The SMILES string of the molecule is CCCC(N)c1ccn(CC(=O)Nc2ccc(C)cc2)c1. The van der Waals surface area contributed by atoms with E-state index in [-0.39, 0.29) is 11.9 Å². The Bertz CT molecular complexity index is 586. The highest BCUT2D eigenvalue weighted by molar-refractivity contribution is 5.90. The third-order valence-corrected chi connectivity index (χ3v) is 3.46. The molecule has 0 spiro atoms. The predicted octanol–water partition coefficient (Wildman–Crippen LogP) is 3.24. The van der Waals surface area contributed by atoms with Crippen LogP contribution in [0.4, 0.5) is 5.69 Å². The summed E-state index contributed by atoms with van der Waals surface area (Å²) in [5, 5.41) is 2.89. The maximum Gasteiger partial charge on any atom is 0.244 e. The molecule has 1 unspecified atom stereocenters. The number of aromatic nitrogens is 1. The average molecular weight is 285 g/mol. The fourth-order valence-electron chi connectivity index (χ4n) is 2.26. The largest absolute Gasteiger partial charge is 0.345 e. The number of anilines is 1. The lowest BCUT2D eigenvalue weighted by Crippen LogP contribution is -2.18. The number of aryl methyl sites for hydroxylation is 1. The molecule has 0 aliphatic rings. The molecule has 0 saturated carbocycles. The van der Waals surface area contributed by atoms with Crippen molar-refractivity contribution in [3.8, 4) is 0 Å². The van der Waals surface area contributed by atoms with Gasteiger partial charge in [0, 0.05) is 24.1 Å². The Morgan fingerprint density at radius 2 is 2.00 bits per heavy atom. The molecular weight excluding hydrogens is 262 g/mol. The number of rotatable bonds is 6. The van der Waals surface area contributed by atoms with E-state index in [4.69, 9.17) is 5.73 Å². The second-order valence-corrected chi connectivity index (χ2v) is 5.43. The summed E-state index contributed by atoms with van der Waals surface area (Å²) in [4.78, 5) is 12.0. The van der Waals surface area contributed by atoms with Crippen LogP contribution in [0.1, 0.15) is 36.9 Å². The number of hydrogen-bond donors (Lipinski definition) is 2. The molecule has 0 aliphatic heterocycles. The van der Waals surface area contributed by atoms with E-state index in [0.717, 1.165) is 24.1 Å². The van der Waals surface area contributed by atoms with E-state index in [0.29, 0.717) is 6.54 Å². The van der Waals surface area contributed by atoms with Crippen molar-refractivity contribution >= 4 is 11.6 Å². The van der Waals surface area contributed by atoms with Crippen LogP contribution in [0.15, 0.2) is 42.7 Å². The van der Waals surface area contributed by atoms with Crippen molar-refractivity contribution in [3.63, 3.8) is 0 Å². The van der Waals surface area contributed by atoms with Crippen LogP contribution in [0.2, 0.25) is 0 Å². The second kappa shape index (κ2) is 7.09. The Labute approximate surface area is 126 Å². The van der Waals surface area contributed by atoms with Crippen LogP contribution in [-0.4, -0.2) is 10.5 Å². The van der Waals surface area contributed by atoms with Crippen molar-refractivity contribution < 1.29 is 4.79 Å². The highest BCUT2D eigenvalue weighted by Crippen LogP contribution is 2.16. The van der Waals surface area contributed by atoms with E-state index in [2.05, 4.69) is 12.2 Å². The van der Waals surface area contributed by atoms with Crippen LogP contribution in [0.3, 0.4) is 0 Å². The first kappa shape index (κ1) is 15.3. The quantitative estimate of drug-likeness (QED) is 0.856. The monoisotopic (exact) mass is 285 g/mol. The first-order chi connectivity index (χ1) is 10.1. The highest BCUT2D eigenvalue weighted by Gasteiger charge is 2.08. The molecule has 4 heteroatoms. The van der Waals surface area contributed by atoms with Crippen molar-refractivity contribution in [1.29, 1.82) is 0 Å². The van der Waals surface area contributed by atoms with Gasteiger partial charge in [-0.25, -0.2) is 0 Å². The van der Waals surface area contributed by atoms with Gasteiger partial charge in [0.1, 0.15) is 6.54 Å². The molecular formula is C17H23N3O. The molecule has 0 bridgehead atoms. The van der Waals surface area contributed by atoms with Gasteiger partial charge in [0.2, 0.25) is 5.91 Å². The number of carbonyl (C=O) groups is 1. The molecule has 3 N–H and O–H groups in total. The van der Waals surface area contributed by atoms with E-state index in [1.54, 1.807) is 0 Å². The predicted molar refractivity (Wildman–Crippen MR) is 86.1 cm³/mol. The zero-order valence-corrected chi connectivity index (χ0v) is 12.7. The molecule has 1 heterocycles. The minimum absolute atomic E-state index is 0.0370. The van der Waals surface area contributed by atoms with Crippen LogP contribution >= 0.6 is 0 Å². The smallest absolute Gasteiger partial charge is 0.244 e. The lowest BCUT2D eigenvalue weighted by atomic mass is 10.1. The molecule has 1 amide bonds. The minimum atomic E-state index is -0.0370. The number of carbonyl (C=O) groups excluding carboxylic acids is 1. The zero-order valence-electron chi connectivity index (χ0n) is 12.7. The molecule has 4 nitrogen and oxygen atoms in total. The summed E-state index contributed by atoms with van der Waals surface area (Å²) in [7, 11) is 0. The minimum Gasteiger partial charge on any atom is -0.345 e. The molecule has 1 aromatic carbocycles. The third kappa shape index (κ3) is 4.46. The zero-order chi connectivity index (χ0) is 15.2. The summed E-state index contributed by atoms with van der Waals surface area (Å²) in [5.41, 5.74) is 9.15. The molecule has 2 rings (SSSR count). The van der Waals surface area contributed by atoms with Crippen molar-refractivity contribution in [2.45, 2.75) is 39.3 Å². The molecule has 1 aromatic heterocycles. The van der Waals surface area contributed by atoms with Gasteiger partial charge in [0.05, 0.1) is 0 Å². The summed E-state index contributed by atoms with van der Waals surface area (Å²) in [6, 6.07) is 9.81. The maximum absolute atomic E-state index is 12.0. The van der Waals surface area contributed by atoms with E-state index in [9.17, 15) is 4.79 Å². The van der Waals surface area contributed by atoms with Crippen molar-refractivity contribution in [1.82, 2.24) is 4.57 Å². The Hall–Kier alpha value is -2.07. The van der Waals surface area contributed by atoms with Gasteiger partial charge in [0.15, 0.2) is 0 Å². The molecule has 21 heavy (non-hydrogen) atoms. The van der Waals surface area contributed by atoms with E-state index in [1.807, 2.05) is 54.2 Å². The van der Waals surface area contributed by atoms with Crippen LogP contribution in [0.5, 0.6) is 0 Å². The number of amides is 1. The number of benzene rings is 1. The van der Waals surface area contributed by atoms with Gasteiger partial charge in [0.25, 0.3) is 0 Å². The fraction of sp³-hybridized carbons (Fsp3) is 0.353. The molecule has 0 fully saturated rings. The third-order valence-electron chi connectivity index (χ3n) is 3.46. The average Bonchev–Trinajstić information content (AvgIpc) is 2.90. The summed E-state index contributed by atoms with van der Waals surface area (Å²) in [6.45, 7) is 4.44. The standard InChI is InChI=1S/C17H23N3O/c1-3-4-16(18)14-9-10-20(11-14)12-17(21)19-15-7-5-13(2)6-8-15/h5-11,16H,3-4,12,18H2,1-2H3,(H,19,21). The molecule has 0 radical (unpaired) electrons. The number of nitrogens with one attached hydrogen (secondary N) is 1. The van der Waals surface area contributed by atoms with Crippen molar-refractivity contribution in [2.24, 2.45) is 5.73 Å². The van der Waals surface area contributed by atoms with Gasteiger partial charge in [-0.2, -0.15) is 0 Å². The summed E-state index contributed by atoms with van der Waals surface area (Å²) in [6.07, 6.45) is 5.87. The molecule has 2 aromatic rings. The Kier molecular flexibility index (Phi) is 5.17. The van der Waals surface area contributed by atoms with E-state index < -0.39 is 0 Å². The van der Waals surface area contributed by atoms with Crippen LogP contribution < -0.4 is 11.1 Å². The molecule has 1 atom stereocenters. The van der Waals surface area contributed by atoms with Crippen LogP contribution in [0.25, 0.3) is 0 Å². The van der Waals surface area contributed by atoms with Crippen molar-refractivity contribution in [3.05, 3.63) is 53.9 Å². The normalized spacial score (nSPS) is 12.1. The van der Waals surface area contributed by atoms with E-state index >= 15 is 0 Å². The Morgan fingerprint density at radius 1 is 1.29 bits per heavy atom. The summed E-state index contributed by atoms with van der Waals surface area (Å²) in [5.74, 6) is -0.0370. The van der Waals surface area contributed by atoms with Gasteiger partial charge in [-0.15, -0.1) is 0 Å². The molecule has 112 valence electrons. The summed E-state index contributed by atoms with van der Waals surface area (Å²) >= 11 is 0. The highest BCUT2D eigenvalue weighted by atomic mass is 16.1. The Balaban J connectivity index is 1.92. The van der Waals surface area contributed by atoms with E-state index in [1.165, 1.54) is 5.56 Å². The van der Waals surface area contributed by atoms with Crippen molar-refractivity contribution in [2.75, 3.05) is 5.32 Å². The maximum atomic E-state index is 12.0. The van der Waals surface area contributed by atoms with Crippen LogP contribution in [-0.2, 0) is 11.3 Å². The first-order valence-electron chi connectivity index (χ1n) is 7.36. The molecule has 0 aliphatic carbocycles. The first-order valence-corrected chi connectivity index (χ1v) is 7.36. The van der Waals surface area contributed by atoms with Gasteiger partial charge in [-0.3, -0.25) is 4.79 Å². The van der Waals surface area contributed by atoms with Gasteiger partial charge >= 0.3 is 0 Å². The fourth-order valence-corrected chi connectivity index (χ4v) is 2.26. The lowest BCUT2D eigenvalue weighted by molar-refractivity contribution is -0.116. The lowest BCUT2D eigenvalue weighted by Gasteiger charge is -2.08. The summed E-state index contributed by atoms with van der Waals surface area (Å²) < 4.78 is 1.87. The van der Waals surface area contributed by atoms with Gasteiger partial charge in [-0.1, -0.05) is 31.0 Å². The van der Waals surface area contributed by atoms with Gasteiger partial charge < -0.3 is 15.6 Å². The van der Waals surface area contributed by atoms with Crippen LogP contribution in [0, 0.1) is 6.92 Å².